The lowest BCUT2D eigenvalue weighted by atomic mass is 9.51. The maximum atomic E-state index is 12.3. The molecule has 202 valence electrons. The Hall–Kier alpha value is -1.50. The zero-order valence-electron chi connectivity index (χ0n) is 22.8. The lowest BCUT2D eigenvalue weighted by Gasteiger charge is -2.57. The second kappa shape index (κ2) is 9.02. The van der Waals surface area contributed by atoms with Crippen molar-refractivity contribution in [2.45, 2.75) is 95.5 Å². The predicted octanol–water partition coefficient (Wildman–Crippen LogP) is 5.31. The molecular formula is C32H45NO4. The van der Waals surface area contributed by atoms with Gasteiger partial charge < -0.3 is 25.4 Å². The van der Waals surface area contributed by atoms with Crippen molar-refractivity contribution in [2.24, 2.45) is 28.4 Å². The number of hydrogen-bond donors (Lipinski definition) is 3. The molecule has 4 aliphatic carbocycles. The average molecular weight is 508 g/mol. The Labute approximate surface area is 222 Å². The van der Waals surface area contributed by atoms with Crippen LogP contribution in [-0.2, 0) is 9.47 Å². The van der Waals surface area contributed by atoms with Crippen LogP contribution in [0.5, 0.6) is 0 Å². The van der Waals surface area contributed by atoms with Gasteiger partial charge in [0.25, 0.3) is 0 Å². The number of fused-ring (bicyclic) bond motifs is 4. The van der Waals surface area contributed by atoms with Crippen LogP contribution in [-0.4, -0.2) is 47.5 Å². The van der Waals surface area contributed by atoms with Gasteiger partial charge in [-0.3, -0.25) is 0 Å². The van der Waals surface area contributed by atoms with E-state index in [4.69, 9.17) is 15.2 Å². The lowest BCUT2D eigenvalue weighted by molar-refractivity contribution is -0.322. The maximum Gasteiger partial charge on any atom is 0.171 e. The van der Waals surface area contributed by atoms with Crippen LogP contribution in [0.25, 0.3) is 6.08 Å². The Morgan fingerprint density at radius 1 is 1.03 bits per heavy atom. The van der Waals surface area contributed by atoms with Crippen LogP contribution in [0.3, 0.4) is 0 Å². The highest BCUT2D eigenvalue weighted by Crippen LogP contribution is 2.65. The van der Waals surface area contributed by atoms with E-state index in [0.717, 1.165) is 50.5 Å². The molecule has 1 saturated heterocycles. The third-order valence-corrected chi connectivity index (χ3v) is 10.6. The Balaban J connectivity index is 1.39. The van der Waals surface area contributed by atoms with E-state index in [1.54, 1.807) is 0 Å². The SMILES string of the molecule is CC1(C)COC2(CCC3=C4C(CCC3(O)C2)C2CCC(O)C2(C)C[C@@H]4c2ccc(/C=C/CN)cc2)OC1. The molecule has 0 amide bonds. The van der Waals surface area contributed by atoms with Gasteiger partial charge in [0.05, 0.1) is 24.9 Å². The maximum absolute atomic E-state index is 12.3. The third-order valence-electron chi connectivity index (χ3n) is 10.6. The van der Waals surface area contributed by atoms with Crippen LogP contribution in [0.4, 0.5) is 0 Å². The summed E-state index contributed by atoms with van der Waals surface area (Å²) in [5, 5.41) is 23.4. The van der Waals surface area contributed by atoms with E-state index in [0.29, 0.717) is 38.0 Å². The zero-order chi connectivity index (χ0) is 26.1. The summed E-state index contributed by atoms with van der Waals surface area (Å²) in [6.07, 6.45) is 10.6. The number of hydrogen-bond acceptors (Lipinski definition) is 5. The number of ether oxygens (including phenoxy) is 2. The summed E-state index contributed by atoms with van der Waals surface area (Å²) in [5.41, 5.74) is 9.89. The average Bonchev–Trinajstić information content (AvgIpc) is 3.18. The molecule has 4 N–H and O–H groups in total. The van der Waals surface area contributed by atoms with Crippen LogP contribution < -0.4 is 5.73 Å². The Bertz CT molecular complexity index is 1080. The molecule has 4 fully saturated rings. The summed E-state index contributed by atoms with van der Waals surface area (Å²) in [4.78, 5) is 0. The van der Waals surface area contributed by atoms with Crippen LogP contribution in [0.15, 0.2) is 41.5 Å². The van der Waals surface area contributed by atoms with Crippen LogP contribution in [0.2, 0.25) is 0 Å². The third kappa shape index (κ3) is 4.26. The highest BCUT2D eigenvalue weighted by Gasteiger charge is 2.60. The molecule has 1 aromatic carbocycles. The molecule has 1 spiro atoms. The summed E-state index contributed by atoms with van der Waals surface area (Å²) < 4.78 is 12.8. The first-order valence-corrected chi connectivity index (χ1v) is 14.5. The molecule has 0 bridgehead atoms. The smallest absolute Gasteiger partial charge is 0.171 e. The van der Waals surface area contributed by atoms with Gasteiger partial charge in [-0.2, -0.15) is 0 Å². The summed E-state index contributed by atoms with van der Waals surface area (Å²) in [7, 11) is 0. The first kappa shape index (κ1) is 25.8. The highest BCUT2D eigenvalue weighted by molar-refractivity contribution is 5.51. The van der Waals surface area contributed by atoms with Crippen molar-refractivity contribution >= 4 is 6.08 Å². The molecule has 5 aliphatic rings. The van der Waals surface area contributed by atoms with Crippen molar-refractivity contribution in [3.63, 3.8) is 0 Å². The normalized spacial score (nSPS) is 40.5. The molecule has 1 aliphatic heterocycles. The highest BCUT2D eigenvalue weighted by atomic mass is 16.7. The largest absolute Gasteiger partial charge is 0.393 e. The predicted molar refractivity (Wildman–Crippen MR) is 146 cm³/mol. The van der Waals surface area contributed by atoms with Gasteiger partial charge in [0.1, 0.15) is 0 Å². The Kier molecular flexibility index (Phi) is 6.28. The van der Waals surface area contributed by atoms with Crippen molar-refractivity contribution in [3.8, 4) is 0 Å². The van der Waals surface area contributed by atoms with Crippen LogP contribution in [0, 0.1) is 22.7 Å². The first-order chi connectivity index (χ1) is 17.6. The fourth-order valence-electron chi connectivity index (χ4n) is 8.57. The number of nitrogens with two attached hydrogens (primary N) is 1. The van der Waals surface area contributed by atoms with Gasteiger partial charge in [0, 0.05) is 30.7 Å². The number of aliphatic hydroxyl groups is 2. The van der Waals surface area contributed by atoms with E-state index in [1.165, 1.54) is 16.7 Å². The fraction of sp³-hybridized carbons (Fsp3) is 0.688. The van der Waals surface area contributed by atoms with Crippen LogP contribution in [0.1, 0.15) is 89.2 Å². The standard InChI is InChI=1S/C32H45NO4/c1-29(2)19-36-32(37-20-29)15-13-26-28-23(12-14-31(26,35)18-32)25-10-11-27(34)30(25,3)17-24(28)22-8-6-21(7-9-22)5-4-16-33/h4-9,23-25,27,34-35H,10-20,33H2,1-3H3/b5-4+/t23?,24-,25?,27?,30?,31?/m1/s1. The molecule has 6 atom stereocenters. The molecule has 5 unspecified atom stereocenters. The van der Waals surface area contributed by atoms with Crippen molar-refractivity contribution in [2.75, 3.05) is 19.8 Å². The Morgan fingerprint density at radius 2 is 1.76 bits per heavy atom. The molecule has 37 heavy (non-hydrogen) atoms. The summed E-state index contributed by atoms with van der Waals surface area (Å²) in [6, 6.07) is 8.86. The zero-order valence-corrected chi connectivity index (χ0v) is 22.8. The van der Waals surface area contributed by atoms with E-state index in [1.807, 2.05) is 6.08 Å². The summed E-state index contributed by atoms with van der Waals surface area (Å²) >= 11 is 0. The van der Waals surface area contributed by atoms with Crippen molar-refractivity contribution in [3.05, 3.63) is 52.6 Å². The van der Waals surface area contributed by atoms with E-state index in [9.17, 15) is 10.2 Å². The minimum absolute atomic E-state index is 0.0119. The van der Waals surface area contributed by atoms with E-state index in [2.05, 4.69) is 51.1 Å². The van der Waals surface area contributed by atoms with Crippen LogP contribution >= 0.6 is 0 Å². The van der Waals surface area contributed by atoms with Gasteiger partial charge in [-0.25, -0.2) is 0 Å². The lowest BCUT2D eigenvalue weighted by Crippen LogP contribution is -2.57. The van der Waals surface area contributed by atoms with Crippen molar-refractivity contribution in [1.82, 2.24) is 0 Å². The minimum Gasteiger partial charge on any atom is -0.393 e. The van der Waals surface area contributed by atoms with Gasteiger partial charge in [0.2, 0.25) is 0 Å². The number of rotatable bonds is 3. The fourth-order valence-corrected chi connectivity index (χ4v) is 8.57. The van der Waals surface area contributed by atoms with Gasteiger partial charge in [0.15, 0.2) is 5.79 Å². The van der Waals surface area contributed by atoms with Gasteiger partial charge in [-0.15, -0.1) is 0 Å². The first-order valence-electron chi connectivity index (χ1n) is 14.5. The van der Waals surface area contributed by atoms with E-state index in [-0.39, 0.29) is 22.9 Å². The van der Waals surface area contributed by atoms with E-state index < -0.39 is 11.4 Å². The summed E-state index contributed by atoms with van der Waals surface area (Å²) in [5.74, 6) is 0.459. The second-order valence-corrected chi connectivity index (χ2v) is 13.7. The number of benzene rings is 1. The van der Waals surface area contributed by atoms with Gasteiger partial charge in [-0.1, -0.05) is 62.8 Å². The topological polar surface area (TPSA) is 84.9 Å². The number of aliphatic hydroxyl groups excluding tert-OH is 1. The molecule has 0 aromatic heterocycles. The summed E-state index contributed by atoms with van der Waals surface area (Å²) in [6.45, 7) is 8.54. The molecule has 0 radical (unpaired) electrons. The molecule has 3 saturated carbocycles. The monoisotopic (exact) mass is 507 g/mol. The molecule has 5 heteroatoms. The Morgan fingerprint density at radius 3 is 2.46 bits per heavy atom. The van der Waals surface area contributed by atoms with Gasteiger partial charge in [-0.05, 0) is 72.5 Å². The quantitative estimate of drug-likeness (QED) is 0.483. The molecular weight excluding hydrogens is 462 g/mol. The molecule has 1 heterocycles. The van der Waals surface area contributed by atoms with Gasteiger partial charge >= 0.3 is 0 Å². The van der Waals surface area contributed by atoms with E-state index >= 15 is 0 Å². The number of allylic oxidation sites excluding steroid dienone is 1. The second-order valence-electron chi connectivity index (χ2n) is 13.7. The molecule has 1 aromatic rings. The van der Waals surface area contributed by atoms with Crippen molar-refractivity contribution < 1.29 is 19.7 Å². The van der Waals surface area contributed by atoms with Crippen molar-refractivity contribution in [1.29, 1.82) is 0 Å². The molecule has 5 nitrogen and oxygen atoms in total. The molecule has 6 rings (SSSR count). The minimum atomic E-state index is -0.876.